The summed E-state index contributed by atoms with van der Waals surface area (Å²) < 4.78 is 0. The first-order chi connectivity index (χ1) is 13.0. The van der Waals surface area contributed by atoms with Crippen molar-refractivity contribution in [3.8, 4) is 0 Å². The van der Waals surface area contributed by atoms with Crippen molar-refractivity contribution < 1.29 is 4.79 Å². The second-order valence-corrected chi connectivity index (χ2v) is 7.93. The second kappa shape index (κ2) is 7.53. The van der Waals surface area contributed by atoms with Gasteiger partial charge in [0.25, 0.3) is 0 Å². The molecule has 142 valence electrons. The van der Waals surface area contributed by atoms with E-state index in [9.17, 15) is 4.79 Å². The summed E-state index contributed by atoms with van der Waals surface area (Å²) in [4.78, 5) is 19.8. The van der Waals surface area contributed by atoms with Crippen LogP contribution in [0.2, 0.25) is 5.02 Å². The highest BCUT2D eigenvalue weighted by Gasteiger charge is 2.32. The average Bonchev–Trinajstić information content (AvgIpc) is 3.13. The Morgan fingerprint density at radius 2 is 1.74 bits per heavy atom. The maximum atomic E-state index is 13.1. The molecule has 1 saturated heterocycles. The fourth-order valence-electron chi connectivity index (χ4n) is 4.22. The van der Waals surface area contributed by atoms with Gasteiger partial charge in [-0.1, -0.05) is 35.9 Å². The zero-order valence-corrected chi connectivity index (χ0v) is 16.7. The monoisotopic (exact) mass is 383 g/mol. The normalized spacial score (nSPS) is 18.5. The molecule has 27 heavy (non-hydrogen) atoms. The van der Waals surface area contributed by atoms with Crippen molar-refractivity contribution in [1.82, 2.24) is 4.90 Å². The van der Waals surface area contributed by atoms with E-state index in [1.54, 1.807) is 0 Å². The highest BCUT2D eigenvalue weighted by Crippen LogP contribution is 2.29. The molecule has 0 radical (unpaired) electrons. The fourth-order valence-corrected chi connectivity index (χ4v) is 4.39. The van der Waals surface area contributed by atoms with Crippen molar-refractivity contribution in [3.63, 3.8) is 0 Å². The van der Waals surface area contributed by atoms with Gasteiger partial charge in [-0.15, -0.1) is 0 Å². The zero-order chi connectivity index (χ0) is 19.0. The summed E-state index contributed by atoms with van der Waals surface area (Å²) in [5.74, 6) is 0.215. The lowest BCUT2D eigenvalue weighted by Gasteiger charge is -2.40. The predicted octanol–water partition coefficient (Wildman–Crippen LogP) is 3.75. The van der Waals surface area contributed by atoms with Gasteiger partial charge in [0.05, 0.1) is 6.04 Å². The molecule has 0 aromatic heterocycles. The number of hydrogen-bond acceptors (Lipinski definition) is 3. The first-order valence-corrected chi connectivity index (χ1v) is 10.1. The van der Waals surface area contributed by atoms with Crippen LogP contribution in [-0.4, -0.2) is 49.6 Å². The van der Waals surface area contributed by atoms with Crippen LogP contribution in [0.5, 0.6) is 0 Å². The summed E-state index contributed by atoms with van der Waals surface area (Å²) in [5, 5.41) is 0.772. The van der Waals surface area contributed by atoms with Crippen LogP contribution in [-0.2, 0) is 11.2 Å². The fraction of sp³-hybridized carbons (Fsp3) is 0.409. The Hall–Kier alpha value is -2.04. The number of aryl methyl sites for hydroxylation is 1. The van der Waals surface area contributed by atoms with Gasteiger partial charge in [-0.2, -0.15) is 0 Å². The molecule has 0 N–H and O–H groups in total. The van der Waals surface area contributed by atoms with Gasteiger partial charge in [0.1, 0.15) is 0 Å². The van der Waals surface area contributed by atoms with Gasteiger partial charge in [0.15, 0.2) is 0 Å². The minimum Gasteiger partial charge on any atom is -0.369 e. The molecule has 1 amide bonds. The number of hydrogen-bond donors (Lipinski definition) is 0. The summed E-state index contributed by atoms with van der Waals surface area (Å²) in [6.07, 6.45) is 0.955. The van der Waals surface area contributed by atoms with E-state index in [0.717, 1.165) is 49.9 Å². The summed E-state index contributed by atoms with van der Waals surface area (Å²) >= 11 is 6.18. The molecule has 0 aliphatic carbocycles. The first kappa shape index (κ1) is 18.3. The molecule has 0 saturated carbocycles. The van der Waals surface area contributed by atoms with E-state index in [1.165, 1.54) is 16.8 Å². The molecule has 4 nitrogen and oxygen atoms in total. The van der Waals surface area contributed by atoms with E-state index < -0.39 is 0 Å². The zero-order valence-electron chi connectivity index (χ0n) is 16.0. The summed E-state index contributed by atoms with van der Waals surface area (Å²) in [6, 6.07) is 14.2. The number of rotatable bonds is 3. The van der Waals surface area contributed by atoms with Crippen LogP contribution in [0.25, 0.3) is 0 Å². The quantitative estimate of drug-likeness (QED) is 0.807. The molecule has 4 rings (SSSR count). The third-order valence-electron chi connectivity index (χ3n) is 5.88. The highest BCUT2D eigenvalue weighted by atomic mass is 35.5. The first-order valence-electron chi connectivity index (χ1n) is 9.69. The van der Waals surface area contributed by atoms with E-state index in [2.05, 4.69) is 34.9 Å². The maximum absolute atomic E-state index is 13.1. The Kier molecular flexibility index (Phi) is 5.11. The number of piperazine rings is 1. The molecule has 2 aliphatic rings. The minimum absolute atomic E-state index is 0.0984. The second-order valence-electron chi connectivity index (χ2n) is 7.50. The predicted molar refractivity (Wildman–Crippen MR) is 112 cm³/mol. The van der Waals surface area contributed by atoms with Gasteiger partial charge < -0.3 is 9.80 Å². The molecule has 2 aromatic rings. The van der Waals surface area contributed by atoms with Crippen LogP contribution in [0.15, 0.2) is 42.5 Å². The largest absolute Gasteiger partial charge is 0.369 e. The summed E-state index contributed by atoms with van der Waals surface area (Å²) in [5.41, 5.74) is 4.81. The lowest BCUT2D eigenvalue weighted by atomic mass is 10.1. The van der Waals surface area contributed by atoms with Gasteiger partial charge in [0.2, 0.25) is 5.91 Å². The Labute approximate surface area is 166 Å². The summed E-state index contributed by atoms with van der Waals surface area (Å²) in [7, 11) is 0. The SMILES string of the molecule is Cc1ccc(Cl)cc1N1CCN([C@H](C)C(=O)N2CCc3ccccc32)CC1. The number of carbonyl (C=O) groups is 1. The smallest absolute Gasteiger partial charge is 0.244 e. The van der Waals surface area contributed by atoms with Gasteiger partial charge in [-0.05, 0) is 49.6 Å². The van der Waals surface area contributed by atoms with E-state index >= 15 is 0 Å². The Balaban J connectivity index is 1.41. The molecule has 2 aliphatic heterocycles. The number of fused-ring (bicyclic) bond motifs is 1. The number of benzene rings is 2. The Bertz CT molecular complexity index is 845. The third-order valence-corrected chi connectivity index (χ3v) is 6.12. The van der Waals surface area contributed by atoms with Crippen LogP contribution in [0.4, 0.5) is 11.4 Å². The number of para-hydroxylation sites is 1. The molecule has 2 aromatic carbocycles. The van der Waals surface area contributed by atoms with Crippen LogP contribution < -0.4 is 9.80 Å². The van der Waals surface area contributed by atoms with E-state index in [-0.39, 0.29) is 11.9 Å². The number of halogens is 1. The molecule has 0 spiro atoms. The lowest BCUT2D eigenvalue weighted by Crippen LogP contribution is -2.54. The molecule has 2 heterocycles. The van der Waals surface area contributed by atoms with Crippen molar-refractivity contribution >= 4 is 28.9 Å². The lowest BCUT2D eigenvalue weighted by molar-refractivity contribution is -0.123. The van der Waals surface area contributed by atoms with E-state index in [4.69, 9.17) is 11.6 Å². The number of carbonyl (C=O) groups excluding carboxylic acids is 1. The Morgan fingerprint density at radius 1 is 1.00 bits per heavy atom. The summed E-state index contributed by atoms with van der Waals surface area (Å²) in [6.45, 7) is 8.55. The minimum atomic E-state index is -0.0984. The molecule has 5 heteroatoms. The third kappa shape index (κ3) is 3.56. The number of anilines is 2. The van der Waals surface area contributed by atoms with Gasteiger partial charge in [-0.3, -0.25) is 9.69 Å². The molecular weight excluding hydrogens is 358 g/mol. The molecule has 0 unspecified atom stereocenters. The van der Waals surface area contributed by atoms with Crippen molar-refractivity contribution in [2.45, 2.75) is 26.3 Å². The van der Waals surface area contributed by atoms with Gasteiger partial charge in [0, 0.05) is 49.1 Å². The molecule has 1 fully saturated rings. The molecule has 0 bridgehead atoms. The van der Waals surface area contributed by atoms with Crippen molar-refractivity contribution in [2.24, 2.45) is 0 Å². The number of amides is 1. The highest BCUT2D eigenvalue weighted by molar-refractivity contribution is 6.30. The molecular formula is C22H26ClN3O. The van der Waals surface area contributed by atoms with Crippen LogP contribution in [0.3, 0.4) is 0 Å². The van der Waals surface area contributed by atoms with Crippen molar-refractivity contribution in [3.05, 3.63) is 58.6 Å². The average molecular weight is 384 g/mol. The number of nitrogens with zero attached hydrogens (tertiary/aromatic N) is 3. The van der Waals surface area contributed by atoms with E-state index in [1.807, 2.05) is 36.1 Å². The maximum Gasteiger partial charge on any atom is 0.244 e. The van der Waals surface area contributed by atoms with Gasteiger partial charge in [-0.25, -0.2) is 0 Å². The van der Waals surface area contributed by atoms with Gasteiger partial charge >= 0.3 is 0 Å². The Morgan fingerprint density at radius 3 is 2.52 bits per heavy atom. The van der Waals surface area contributed by atoms with Crippen LogP contribution >= 0.6 is 11.6 Å². The van der Waals surface area contributed by atoms with Crippen LogP contribution in [0.1, 0.15) is 18.1 Å². The van der Waals surface area contributed by atoms with Crippen LogP contribution in [0, 0.1) is 6.92 Å². The topological polar surface area (TPSA) is 26.8 Å². The van der Waals surface area contributed by atoms with E-state index in [0.29, 0.717) is 0 Å². The van der Waals surface area contributed by atoms with Crippen molar-refractivity contribution in [1.29, 1.82) is 0 Å². The standard InChI is InChI=1S/C22H26ClN3O/c1-16-7-8-19(23)15-21(16)25-13-11-24(12-14-25)17(2)22(27)26-10-9-18-5-3-4-6-20(18)26/h3-8,15,17H,9-14H2,1-2H3/t17-/m1/s1. The van der Waals surface area contributed by atoms with Crippen molar-refractivity contribution in [2.75, 3.05) is 42.5 Å². The molecule has 1 atom stereocenters.